The van der Waals surface area contributed by atoms with E-state index in [-0.39, 0.29) is 18.1 Å². The van der Waals surface area contributed by atoms with Crippen molar-refractivity contribution >= 4 is 35.2 Å². The van der Waals surface area contributed by atoms with Crippen molar-refractivity contribution in [3.8, 4) is 5.75 Å². The molecule has 0 saturated carbocycles. The molecule has 0 aliphatic carbocycles. The fourth-order valence-corrected chi connectivity index (χ4v) is 3.24. The van der Waals surface area contributed by atoms with Crippen LogP contribution in [0.15, 0.2) is 24.3 Å². The lowest BCUT2D eigenvalue weighted by atomic mass is 10.2. The predicted molar refractivity (Wildman–Crippen MR) is 86.7 cm³/mol. The second-order valence-electron chi connectivity index (χ2n) is 4.90. The number of carboxylic acid groups (broad SMARTS) is 1. The zero-order valence-corrected chi connectivity index (χ0v) is 13.4. The van der Waals surface area contributed by atoms with E-state index < -0.39 is 23.2 Å². The highest BCUT2D eigenvalue weighted by atomic mass is 32.2. The number of carboxylic acids is 1. The quantitative estimate of drug-likeness (QED) is 0.717. The first-order valence-electron chi connectivity index (χ1n) is 7.17. The number of carbonyl (C=O) groups is 3. The van der Waals surface area contributed by atoms with E-state index in [0.717, 1.165) is 0 Å². The first-order chi connectivity index (χ1) is 11.0. The van der Waals surface area contributed by atoms with Crippen LogP contribution in [0.1, 0.15) is 13.3 Å². The molecule has 2 atom stereocenters. The molecule has 1 aromatic rings. The fraction of sp³-hybridized carbons (Fsp3) is 0.400. The van der Waals surface area contributed by atoms with E-state index in [1.54, 1.807) is 24.3 Å². The number of para-hydroxylation sites is 2. The van der Waals surface area contributed by atoms with Gasteiger partial charge in [-0.3, -0.25) is 9.59 Å². The SMILES string of the molecule is CCOc1ccccc1NC(=O)C[C@@H]1SC[C@H](C(=O)O)NC1=O. The number of aliphatic carboxylic acids is 1. The number of nitrogens with one attached hydrogen (secondary N) is 2. The van der Waals surface area contributed by atoms with Gasteiger partial charge >= 0.3 is 5.97 Å². The number of hydrogen-bond donors (Lipinski definition) is 3. The Morgan fingerprint density at radius 2 is 2.17 bits per heavy atom. The second-order valence-corrected chi connectivity index (χ2v) is 6.14. The number of amides is 2. The highest BCUT2D eigenvalue weighted by Crippen LogP contribution is 2.25. The highest BCUT2D eigenvalue weighted by Gasteiger charge is 2.33. The Hall–Kier alpha value is -2.22. The van der Waals surface area contributed by atoms with E-state index in [0.29, 0.717) is 18.0 Å². The largest absolute Gasteiger partial charge is 0.492 e. The number of rotatable bonds is 6. The standard InChI is InChI=1S/C15H18N2O5S/c1-2-22-11-6-4-3-5-9(11)16-13(18)7-12-14(19)17-10(8-23-12)15(20)21/h3-6,10,12H,2,7-8H2,1H3,(H,16,18)(H,17,19)(H,20,21)/t10-,12+/m1/s1. The van der Waals surface area contributed by atoms with E-state index in [2.05, 4.69) is 10.6 Å². The van der Waals surface area contributed by atoms with Crippen LogP contribution in [0.25, 0.3) is 0 Å². The predicted octanol–water partition coefficient (Wildman–Crippen LogP) is 1.10. The van der Waals surface area contributed by atoms with Crippen molar-refractivity contribution < 1.29 is 24.2 Å². The van der Waals surface area contributed by atoms with Gasteiger partial charge in [0.15, 0.2) is 0 Å². The summed E-state index contributed by atoms with van der Waals surface area (Å²) in [7, 11) is 0. The Morgan fingerprint density at radius 1 is 1.43 bits per heavy atom. The molecule has 2 amide bonds. The lowest BCUT2D eigenvalue weighted by Crippen LogP contribution is -2.51. The normalized spacial score (nSPS) is 20.5. The van der Waals surface area contributed by atoms with Gasteiger partial charge < -0.3 is 20.5 Å². The van der Waals surface area contributed by atoms with Crippen molar-refractivity contribution in [2.75, 3.05) is 17.7 Å². The minimum Gasteiger partial charge on any atom is -0.492 e. The molecule has 0 spiro atoms. The minimum atomic E-state index is -1.07. The van der Waals surface area contributed by atoms with Gasteiger partial charge in [-0.1, -0.05) is 12.1 Å². The molecule has 1 aromatic carbocycles. The van der Waals surface area contributed by atoms with Gasteiger partial charge in [-0.15, -0.1) is 11.8 Å². The third kappa shape index (κ3) is 4.62. The van der Waals surface area contributed by atoms with Crippen molar-refractivity contribution in [3.63, 3.8) is 0 Å². The van der Waals surface area contributed by atoms with Crippen molar-refractivity contribution in [1.29, 1.82) is 0 Å². The van der Waals surface area contributed by atoms with Crippen LogP contribution in [0.3, 0.4) is 0 Å². The van der Waals surface area contributed by atoms with Crippen molar-refractivity contribution in [2.24, 2.45) is 0 Å². The van der Waals surface area contributed by atoms with Gasteiger partial charge in [-0.05, 0) is 19.1 Å². The van der Waals surface area contributed by atoms with Crippen LogP contribution in [0.5, 0.6) is 5.75 Å². The van der Waals surface area contributed by atoms with Crippen LogP contribution in [0.2, 0.25) is 0 Å². The lowest BCUT2D eigenvalue weighted by molar-refractivity contribution is -0.141. The molecule has 124 valence electrons. The van der Waals surface area contributed by atoms with Gasteiger partial charge in [0, 0.05) is 12.2 Å². The number of hydrogen-bond acceptors (Lipinski definition) is 5. The van der Waals surface area contributed by atoms with Crippen LogP contribution in [-0.2, 0) is 14.4 Å². The van der Waals surface area contributed by atoms with E-state index in [1.165, 1.54) is 11.8 Å². The van der Waals surface area contributed by atoms with Crippen LogP contribution in [0.4, 0.5) is 5.69 Å². The van der Waals surface area contributed by atoms with E-state index in [1.807, 2.05) is 6.92 Å². The Morgan fingerprint density at radius 3 is 2.83 bits per heavy atom. The maximum atomic E-state index is 12.1. The van der Waals surface area contributed by atoms with Crippen LogP contribution in [0, 0.1) is 0 Å². The molecule has 0 unspecified atom stereocenters. The van der Waals surface area contributed by atoms with Crippen molar-refractivity contribution in [2.45, 2.75) is 24.6 Å². The summed E-state index contributed by atoms with van der Waals surface area (Å²) in [5.41, 5.74) is 0.545. The summed E-state index contributed by atoms with van der Waals surface area (Å²) in [6.07, 6.45) is -0.0245. The van der Waals surface area contributed by atoms with Crippen LogP contribution >= 0.6 is 11.8 Å². The third-order valence-corrected chi connectivity index (χ3v) is 4.51. The summed E-state index contributed by atoms with van der Waals surface area (Å²) in [4.78, 5) is 34.8. The minimum absolute atomic E-state index is 0.0245. The summed E-state index contributed by atoms with van der Waals surface area (Å²) >= 11 is 1.18. The molecule has 7 nitrogen and oxygen atoms in total. The average Bonchev–Trinajstić information content (AvgIpc) is 2.51. The molecule has 1 heterocycles. The van der Waals surface area contributed by atoms with Gasteiger partial charge in [-0.25, -0.2) is 4.79 Å². The van der Waals surface area contributed by atoms with E-state index >= 15 is 0 Å². The summed E-state index contributed by atoms with van der Waals surface area (Å²) < 4.78 is 5.42. The van der Waals surface area contributed by atoms with Gasteiger partial charge in [-0.2, -0.15) is 0 Å². The molecule has 3 N–H and O–H groups in total. The topological polar surface area (TPSA) is 105 Å². The average molecular weight is 338 g/mol. The molecule has 8 heteroatoms. The number of thioether (sulfide) groups is 1. The molecule has 1 aliphatic rings. The Bertz CT molecular complexity index is 607. The van der Waals surface area contributed by atoms with Crippen LogP contribution in [-0.4, -0.2) is 46.5 Å². The molecule has 0 radical (unpaired) electrons. The summed E-state index contributed by atoms with van der Waals surface area (Å²) in [6, 6.07) is 6.15. The van der Waals surface area contributed by atoms with Crippen molar-refractivity contribution in [1.82, 2.24) is 5.32 Å². The molecular weight excluding hydrogens is 320 g/mol. The van der Waals surface area contributed by atoms with Crippen LogP contribution < -0.4 is 15.4 Å². The van der Waals surface area contributed by atoms with Gasteiger partial charge in [0.2, 0.25) is 11.8 Å². The molecule has 1 fully saturated rings. The summed E-state index contributed by atoms with van der Waals surface area (Å²) in [5.74, 6) is -1.01. The fourth-order valence-electron chi connectivity index (χ4n) is 2.10. The maximum Gasteiger partial charge on any atom is 0.327 e. The summed E-state index contributed by atoms with van der Waals surface area (Å²) in [6.45, 7) is 2.32. The molecule has 0 aromatic heterocycles. The van der Waals surface area contributed by atoms with Gasteiger partial charge in [0.1, 0.15) is 11.8 Å². The molecule has 1 aliphatic heterocycles. The first-order valence-corrected chi connectivity index (χ1v) is 8.22. The molecule has 23 heavy (non-hydrogen) atoms. The lowest BCUT2D eigenvalue weighted by Gasteiger charge is -2.25. The Balaban J connectivity index is 1.93. The van der Waals surface area contributed by atoms with E-state index in [9.17, 15) is 14.4 Å². The molecule has 1 saturated heterocycles. The van der Waals surface area contributed by atoms with E-state index in [4.69, 9.17) is 9.84 Å². The zero-order chi connectivity index (χ0) is 16.8. The monoisotopic (exact) mass is 338 g/mol. The second kappa shape index (κ2) is 7.87. The van der Waals surface area contributed by atoms with Gasteiger partial charge in [0.05, 0.1) is 17.5 Å². The summed E-state index contributed by atoms with van der Waals surface area (Å²) in [5, 5.41) is 13.4. The highest BCUT2D eigenvalue weighted by molar-refractivity contribution is 8.00. The van der Waals surface area contributed by atoms with Gasteiger partial charge in [0.25, 0.3) is 0 Å². The Labute approximate surface area is 137 Å². The maximum absolute atomic E-state index is 12.1. The molecular formula is C15H18N2O5S. The third-order valence-electron chi connectivity index (χ3n) is 3.20. The number of ether oxygens (including phenoxy) is 1. The first kappa shape index (κ1) is 17.1. The van der Waals surface area contributed by atoms with Crippen molar-refractivity contribution in [3.05, 3.63) is 24.3 Å². The number of benzene rings is 1. The molecule has 2 rings (SSSR count). The smallest absolute Gasteiger partial charge is 0.327 e. The zero-order valence-electron chi connectivity index (χ0n) is 12.6. The molecule has 0 bridgehead atoms. The Kier molecular flexibility index (Phi) is 5.86. The number of anilines is 1. The number of carbonyl (C=O) groups excluding carboxylic acids is 2.